The van der Waals surface area contributed by atoms with Crippen molar-refractivity contribution in [3.8, 4) is 11.5 Å². The Morgan fingerprint density at radius 1 is 0.679 bits per heavy atom. The fourth-order valence-corrected chi connectivity index (χ4v) is 7.13. The van der Waals surface area contributed by atoms with Gasteiger partial charge in [0, 0.05) is 49.0 Å². The number of halogens is 4. The number of nitrogens with one attached hydrogen (secondary N) is 4. The molecule has 0 spiro atoms. The Kier molecular flexibility index (Phi) is 13.9. The number of hydrogen-bond acceptors (Lipinski definition) is 10. The van der Waals surface area contributed by atoms with E-state index >= 15 is 0 Å². The van der Waals surface area contributed by atoms with Gasteiger partial charge in [-0.25, -0.2) is 10.9 Å². The number of nitrogens with zero attached hydrogens (tertiary/aromatic N) is 4. The number of phenols is 2. The van der Waals surface area contributed by atoms with Crippen LogP contribution in [-0.4, -0.2) is 57.5 Å². The average Bonchev–Trinajstić information content (AvgIpc) is 3.16. The lowest BCUT2D eigenvalue weighted by molar-refractivity contribution is -0.120. The fraction of sp³-hybridized carbons (Fsp3) is 0.0811. The maximum atomic E-state index is 12.0. The van der Waals surface area contributed by atoms with Crippen molar-refractivity contribution in [1.29, 1.82) is 0 Å². The molecule has 0 aliphatic rings. The number of rotatable bonds is 10. The Morgan fingerprint density at radius 3 is 1.72 bits per heavy atom. The Hall–Kier alpha value is -4.90. The van der Waals surface area contributed by atoms with Gasteiger partial charge in [0.05, 0.1) is 41.0 Å². The van der Waals surface area contributed by atoms with E-state index in [0.717, 1.165) is 53.3 Å². The second kappa shape index (κ2) is 18.7. The second-order valence-corrected chi connectivity index (χ2v) is 14.5. The van der Waals surface area contributed by atoms with Crippen LogP contribution in [0.3, 0.4) is 0 Å². The summed E-state index contributed by atoms with van der Waals surface area (Å²) in [6, 6.07) is 24.3. The highest BCUT2D eigenvalue weighted by Gasteiger charge is 2.13. The second-order valence-electron chi connectivity index (χ2n) is 11.1. The number of amides is 2. The van der Waals surface area contributed by atoms with Gasteiger partial charge in [-0.2, -0.15) is 10.2 Å². The summed E-state index contributed by atoms with van der Waals surface area (Å²) in [4.78, 5) is 32.6. The molecular formula is C37H30Br4N8O4. The van der Waals surface area contributed by atoms with Gasteiger partial charge < -0.3 is 20.8 Å². The maximum absolute atomic E-state index is 12.0. The highest BCUT2D eigenvalue weighted by Crippen LogP contribution is 2.40. The number of hydrogen-bond donors (Lipinski definition) is 6. The van der Waals surface area contributed by atoms with Crippen molar-refractivity contribution in [3.05, 3.63) is 126 Å². The van der Waals surface area contributed by atoms with Crippen molar-refractivity contribution in [2.75, 3.05) is 23.7 Å². The summed E-state index contributed by atoms with van der Waals surface area (Å²) in [5.74, 6) is -0.895. The number of pyridine rings is 2. The van der Waals surface area contributed by atoms with E-state index in [1.165, 1.54) is 12.3 Å². The molecule has 0 aliphatic heterocycles. The number of carbonyl (C=O) groups is 2. The van der Waals surface area contributed by atoms with Crippen molar-refractivity contribution in [1.82, 2.24) is 20.8 Å². The minimum atomic E-state index is -0.358. The number of benzene rings is 4. The van der Waals surface area contributed by atoms with Crippen molar-refractivity contribution in [2.45, 2.75) is 6.92 Å². The molecule has 2 amide bonds. The van der Waals surface area contributed by atoms with Crippen molar-refractivity contribution in [2.24, 2.45) is 10.2 Å². The molecular weight excluding hydrogens is 940 g/mol. The number of anilines is 2. The zero-order valence-electron chi connectivity index (χ0n) is 27.7. The average molecular weight is 970 g/mol. The molecule has 0 aliphatic carbocycles. The van der Waals surface area contributed by atoms with Crippen LogP contribution in [0.15, 0.2) is 119 Å². The van der Waals surface area contributed by atoms with Crippen LogP contribution in [-0.2, 0) is 9.59 Å². The van der Waals surface area contributed by atoms with Crippen molar-refractivity contribution in [3.63, 3.8) is 0 Å². The summed E-state index contributed by atoms with van der Waals surface area (Å²) in [6.45, 7) is 2.14. The monoisotopic (exact) mass is 966 g/mol. The third-order valence-corrected chi connectivity index (χ3v) is 10.5. The number of aromatic nitrogens is 2. The van der Waals surface area contributed by atoms with E-state index in [2.05, 4.69) is 105 Å². The lowest BCUT2D eigenvalue weighted by atomic mass is 10.2. The van der Waals surface area contributed by atoms with Crippen LogP contribution in [0.5, 0.6) is 11.5 Å². The Morgan fingerprint density at radius 2 is 1.19 bits per heavy atom. The molecule has 6 rings (SSSR count). The van der Waals surface area contributed by atoms with Crippen molar-refractivity contribution < 1.29 is 19.8 Å². The minimum absolute atomic E-state index is 0.0142. The van der Waals surface area contributed by atoms with Gasteiger partial charge in [-0.1, -0.05) is 44.0 Å². The van der Waals surface area contributed by atoms with Gasteiger partial charge in [0.25, 0.3) is 11.8 Å². The molecule has 0 atom stereocenters. The highest BCUT2D eigenvalue weighted by molar-refractivity contribution is 9.11. The number of phenolic OH excluding ortho intramolecular Hbond substituents is 2. The summed E-state index contributed by atoms with van der Waals surface area (Å²) in [7, 11) is 0. The van der Waals surface area contributed by atoms with Crippen LogP contribution < -0.4 is 21.5 Å². The fourth-order valence-electron chi connectivity index (χ4n) is 4.75. The quantitative estimate of drug-likeness (QED) is 0.0587. The summed E-state index contributed by atoms with van der Waals surface area (Å²) in [5.41, 5.74) is 10.6. The number of carbonyl (C=O) groups excluding carboxylic acids is 2. The van der Waals surface area contributed by atoms with E-state index in [-0.39, 0.29) is 40.9 Å². The Balaban J connectivity index is 0.000000204. The first-order chi connectivity index (χ1) is 25.5. The maximum Gasteiger partial charge on any atom is 0.259 e. The molecule has 2 aromatic heterocycles. The summed E-state index contributed by atoms with van der Waals surface area (Å²) in [5, 5.41) is 35.6. The van der Waals surface area contributed by atoms with Crippen LogP contribution in [0.25, 0.3) is 21.8 Å². The van der Waals surface area contributed by atoms with Gasteiger partial charge in [0.1, 0.15) is 16.0 Å². The van der Waals surface area contributed by atoms with Gasteiger partial charge in [0.15, 0.2) is 0 Å². The van der Waals surface area contributed by atoms with Gasteiger partial charge in [-0.15, -0.1) is 0 Å². The predicted octanol–water partition coefficient (Wildman–Crippen LogP) is 8.36. The molecule has 16 heteroatoms. The molecule has 53 heavy (non-hydrogen) atoms. The van der Waals surface area contributed by atoms with E-state index < -0.39 is 0 Å². The first-order valence-corrected chi connectivity index (χ1v) is 18.8. The van der Waals surface area contributed by atoms with E-state index in [0.29, 0.717) is 10.0 Å². The molecule has 270 valence electrons. The van der Waals surface area contributed by atoms with E-state index in [1.54, 1.807) is 18.6 Å². The van der Waals surface area contributed by atoms with E-state index in [9.17, 15) is 19.8 Å². The predicted molar refractivity (Wildman–Crippen MR) is 224 cm³/mol. The molecule has 6 N–H and O–H groups in total. The lowest BCUT2D eigenvalue weighted by Crippen LogP contribution is -2.25. The van der Waals surface area contributed by atoms with E-state index in [1.807, 2.05) is 79.7 Å². The van der Waals surface area contributed by atoms with Gasteiger partial charge in [0.2, 0.25) is 0 Å². The zero-order valence-corrected chi connectivity index (χ0v) is 34.1. The van der Waals surface area contributed by atoms with Gasteiger partial charge in [-0.05, 0) is 117 Å². The van der Waals surface area contributed by atoms with Gasteiger partial charge >= 0.3 is 0 Å². The summed E-state index contributed by atoms with van der Waals surface area (Å²) >= 11 is 13.2. The first kappa shape index (κ1) is 39.3. The van der Waals surface area contributed by atoms with Crippen LogP contribution in [0.2, 0.25) is 0 Å². The van der Waals surface area contributed by atoms with Gasteiger partial charge in [-0.3, -0.25) is 19.6 Å². The summed E-state index contributed by atoms with van der Waals surface area (Å²) in [6.07, 6.45) is 6.34. The van der Waals surface area contributed by atoms with E-state index in [4.69, 9.17) is 0 Å². The molecule has 6 aromatic rings. The Labute approximate surface area is 337 Å². The third kappa shape index (κ3) is 10.6. The molecule has 12 nitrogen and oxygen atoms in total. The molecule has 2 heterocycles. The number of fused-ring (bicyclic) bond motifs is 2. The number of aromatic hydroxyl groups is 2. The minimum Gasteiger partial charge on any atom is -0.506 e. The van der Waals surface area contributed by atoms with Crippen LogP contribution in [0.1, 0.15) is 16.7 Å². The molecule has 0 radical (unpaired) electrons. The summed E-state index contributed by atoms with van der Waals surface area (Å²) < 4.78 is 2.47. The zero-order chi connectivity index (χ0) is 37.9. The molecule has 0 bridgehead atoms. The van der Waals surface area contributed by atoms with Crippen LogP contribution in [0.4, 0.5) is 11.4 Å². The lowest BCUT2D eigenvalue weighted by Gasteiger charge is -2.08. The molecule has 4 aromatic carbocycles. The first-order valence-electron chi connectivity index (χ1n) is 15.7. The SMILES string of the molecule is Cc1c(Br)cc(/C=N/NC(=O)CNc2cccc3ncccc23)cc1Br.O=C(CNc1cccc2ncccc12)N/N=C/c1cc(Br)c(O)c(Br)c1O. The number of hydrazone groups is 2. The molecule has 0 saturated heterocycles. The largest absolute Gasteiger partial charge is 0.506 e. The van der Waals surface area contributed by atoms with Crippen molar-refractivity contribution >= 4 is 121 Å². The third-order valence-electron chi connectivity index (χ3n) is 7.47. The normalized spacial score (nSPS) is 11.0. The van der Waals surface area contributed by atoms with Crippen LogP contribution in [0, 0.1) is 6.92 Å². The van der Waals surface area contributed by atoms with Crippen LogP contribution >= 0.6 is 63.7 Å². The Bertz CT molecular complexity index is 2320. The standard InChI is InChI=1S/C19H16Br2N4O.C18H14Br2N4O3/c1-12-15(20)8-13(9-16(12)21)10-24-25-19(26)11-23-18-6-2-5-17-14(18)4-3-7-22-17;19-12-7-10(17(26)16(20)18(12)27)8-23-24-15(25)9-22-14-5-1-4-13-11(14)3-2-6-21-13/h2-10,23H,11H2,1H3,(H,25,26);1-8,22,26-27H,9H2,(H,24,25)/b24-10+;23-8+. The smallest absolute Gasteiger partial charge is 0.259 e. The molecule has 0 fully saturated rings. The highest BCUT2D eigenvalue weighted by atomic mass is 79.9. The topological polar surface area (TPSA) is 173 Å². The molecule has 0 unspecified atom stereocenters. The molecule has 0 saturated carbocycles.